The molecule has 0 bridgehead atoms. The van der Waals surface area contributed by atoms with Gasteiger partial charge in [0.05, 0.1) is 6.10 Å². The fourth-order valence-electron chi connectivity index (χ4n) is 2.66. The number of benzene rings is 1. The SMILES string of the molecule is CCOC1CCN(C(=O)NCc2cccc(OCC(F)(F)F)c2)CC1. The van der Waals surface area contributed by atoms with Crippen molar-refractivity contribution in [1.82, 2.24) is 10.2 Å². The summed E-state index contributed by atoms with van der Waals surface area (Å²) in [7, 11) is 0. The Kier molecular flexibility index (Phi) is 6.92. The van der Waals surface area contributed by atoms with Crippen LogP contribution in [0.2, 0.25) is 0 Å². The van der Waals surface area contributed by atoms with Gasteiger partial charge < -0.3 is 19.7 Å². The van der Waals surface area contributed by atoms with Crippen molar-refractivity contribution >= 4 is 6.03 Å². The summed E-state index contributed by atoms with van der Waals surface area (Å²) in [4.78, 5) is 13.9. The largest absolute Gasteiger partial charge is 0.484 e. The van der Waals surface area contributed by atoms with Gasteiger partial charge in [-0.05, 0) is 37.5 Å². The zero-order valence-electron chi connectivity index (χ0n) is 14.1. The van der Waals surface area contributed by atoms with Gasteiger partial charge in [-0.2, -0.15) is 13.2 Å². The number of nitrogens with one attached hydrogen (secondary N) is 1. The second-order valence-electron chi connectivity index (χ2n) is 5.85. The number of ether oxygens (including phenoxy) is 2. The molecule has 1 heterocycles. The van der Waals surface area contributed by atoms with Crippen LogP contribution in [0.4, 0.5) is 18.0 Å². The molecule has 2 rings (SSSR count). The van der Waals surface area contributed by atoms with E-state index < -0.39 is 12.8 Å². The fourth-order valence-corrected chi connectivity index (χ4v) is 2.66. The first-order valence-corrected chi connectivity index (χ1v) is 8.30. The van der Waals surface area contributed by atoms with Crippen LogP contribution in [0.15, 0.2) is 24.3 Å². The van der Waals surface area contributed by atoms with Gasteiger partial charge in [0.15, 0.2) is 6.61 Å². The van der Waals surface area contributed by atoms with Crippen molar-refractivity contribution in [3.05, 3.63) is 29.8 Å². The van der Waals surface area contributed by atoms with E-state index in [2.05, 4.69) is 5.32 Å². The number of urea groups is 1. The van der Waals surface area contributed by atoms with E-state index in [-0.39, 0.29) is 24.4 Å². The second kappa shape index (κ2) is 8.94. The molecule has 1 aliphatic rings. The number of piperidine rings is 1. The number of rotatable bonds is 6. The number of alkyl halides is 3. The van der Waals surface area contributed by atoms with Gasteiger partial charge in [-0.3, -0.25) is 0 Å². The molecule has 0 unspecified atom stereocenters. The lowest BCUT2D eigenvalue weighted by Gasteiger charge is -2.31. The van der Waals surface area contributed by atoms with Crippen molar-refractivity contribution < 1.29 is 27.4 Å². The standard InChI is InChI=1S/C17H23F3N2O3/c1-2-24-14-6-8-22(9-7-14)16(23)21-11-13-4-3-5-15(10-13)25-12-17(18,19)20/h3-5,10,14H,2,6-9,11-12H2,1H3,(H,21,23). The number of hydrogen-bond acceptors (Lipinski definition) is 3. The van der Waals surface area contributed by atoms with Crippen LogP contribution >= 0.6 is 0 Å². The molecule has 1 saturated heterocycles. The first-order valence-electron chi connectivity index (χ1n) is 8.30. The summed E-state index contributed by atoms with van der Waals surface area (Å²) in [5.41, 5.74) is 0.678. The maximum absolute atomic E-state index is 12.2. The number of carbonyl (C=O) groups is 1. The Morgan fingerprint density at radius 1 is 1.32 bits per heavy atom. The van der Waals surface area contributed by atoms with Crippen molar-refractivity contribution in [2.24, 2.45) is 0 Å². The third-order valence-corrected chi connectivity index (χ3v) is 3.88. The number of halogens is 3. The van der Waals surface area contributed by atoms with Crippen LogP contribution in [-0.4, -0.2) is 49.5 Å². The van der Waals surface area contributed by atoms with E-state index in [1.54, 1.807) is 17.0 Å². The van der Waals surface area contributed by atoms with Crippen molar-refractivity contribution in [3.8, 4) is 5.75 Å². The average Bonchev–Trinajstić information content (AvgIpc) is 2.59. The molecular weight excluding hydrogens is 337 g/mol. The highest BCUT2D eigenvalue weighted by atomic mass is 19.4. The molecule has 0 saturated carbocycles. The molecule has 1 aromatic rings. The van der Waals surface area contributed by atoms with Crippen LogP contribution in [-0.2, 0) is 11.3 Å². The zero-order chi connectivity index (χ0) is 18.3. The van der Waals surface area contributed by atoms with Gasteiger partial charge in [0.25, 0.3) is 0 Å². The summed E-state index contributed by atoms with van der Waals surface area (Å²) in [6, 6.07) is 6.09. The lowest BCUT2D eigenvalue weighted by Crippen LogP contribution is -2.45. The first kappa shape index (κ1) is 19.4. The highest BCUT2D eigenvalue weighted by Gasteiger charge is 2.28. The highest BCUT2D eigenvalue weighted by molar-refractivity contribution is 5.74. The van der Waals surface area contributed by atoms with Crippen LogP contribution in [0.1, 0.15) is 25.3 Å². The quantitative estimate of drug-likeness (QED) is 0.847. The van der Waals surface area contributed by atoms with E-state index in [1.165, 1.54) is 12.1 Å². The van der Waals surface area contributed by atoms with Gasteiger partial charge in [-0.15, -0.1) is 0 Å². The molecule has 0 atom stereocenters. The number of amides is 2. The molecule has 25 heavy (non-hydrogen) atoms. The molecule has 1 aromatic carbocycles. The second-order valence-corrected chi connectivity index (χ2v) is 5.85. The Hall–Kier alpha value is -1.96. The van der Waals surface area contributed by atoms with Gasteiger partial charge >= 0.3 is 12.2 Å². The predicted molar refractivity (Wildman–Crippen MR) is 86.4 cm³/mol. The van der Waals surface area contributed by atoms with E-state index in [4.69, 9.17) is 9.47 Å². The molecule has 5 nitrogen and oxygen atoms in total. The van der Waals surface area contributed by atoms with Crippen molar-refractivity contribution in [2.75, 3.05) is 26.3 Å². The van der Waals surface area contributed by atoms with Crippen molar-refractivity contribution in [3.63, 3.8) is 0 Å². The molecule has 1 aliphatic heterocycles. The number of nitrogens with zero attached hydrogens (tertiary/aromatic N) is 1. The molecule has 2 amide bonds. The number of likely N-dealkylation sites (tertiary alicyclic amines) is 1. The van der Waals surface area contributed by atoms with E-state index in [0.717, 1.165) is 12.8 Å². The Morgan fingerprint density at radius 3 is 2.68 bits per heavy atom. The number of carbonyl (C=O) groups excluding carboxylic acids is 1. The minimum absolute atomic E-state index is 0.126. The van der Waals surface area contributed by atoms with Crippen LogP contribution in [0.5, 0.6) is 5.75 Å². The highest BCUT2D eigenvalue weighted by Crippen LogP contribution is 2.19. The third-order valence-electron chi connectivity index (χ3n) is 3.88. The van der Waals surface area contributed by atoms with Crippen LogP contribution in [0.3, 0.4) is 0 Å². The summed E-state index contributed by atoms with van der Waals surface area (Å²) in [5.74, 6) is 0.126. The van der Waals surface area contributed by atoms with Gasteiger partial charge in [-0.1, -0.05) is 12.1 Å². The molecule has 140 valence electrons. The molecule has 8 heteroatoms. The van der Waals surface area contributed by atoms with Crippen LogP contribution in [0.25, 0.3) is 0 Å². The van der Waals surface area contributed by atoms with Crippen LogP contribution < -0.4 is 10.1 Å². The summed E-state index contributed by atoms with van der Waals surface area (Å²) >= 11 is 0. The van der Waals surface area contributed by atoms with Gasteiger partial charge in [-0.25, -0.2) is 4.79 Å². The topological polar surface area (TPSA) is 50.8 Å². The Labute approximate surface area is 145 Å². The molecule has 1 fully saturated rings. The van der Waals surface area contributed by atoms with Gasteiger partial charge in [0.2, 0.25) is 0 Å². The monoisotopic (exact) mass is 360 g/mol. The normalized spacial score (nSPS) is 15.9. The summed E-state index contributed by atoms with van der Waals surface area (Å²) in [6.45, 7) is 2.77. The fraction of sp³-hybridized carbons (Fsp3) is 0.588. The minimum Gasteiger partial charge on any atom is -0.484 e. The Bertz CT molecular complexity index is 558. The summed E-state index contributed by atoms with van der Waals surface area (Å²) in [6.07, 6.45) is -2.56. The van der Waals surface area contributed by atoms with E-state index >= 15 is 0 Å². The molecule has 0 spiro atoms. The maximum Gasteiger partial charge on any atom is 0.422 e. The van der Waals surface area contributed by atoms with Crippen LogP contribution in [0, 0.1) is 0 Å². The minimum atomic E-state index is -4.38. The lowest BCUT2D eigenvalue weighted by molar-refractivity contribution is -0.153. The van der Waals surface area contributed by atoms with E-state index in [1.807, 2.05) is 6.92 Å². The summed E-state index contributed by atoms with van der Waals surface area (Å²) in [5, 5.41) is 2.78. The van der Waals surface area contributed by atoms with Gasteiger partial charge in [0, 0.05) is 26.2 Å². The molecular formula is C17H23F3N2O3. The van der Waals surface area contributed by atoms with Gasteiger partial charge in [0.1, 0.15) is 5.75 Å². The smallest absolute Gasteiger partial charge is 0.422 e. The first-order chi connectivity index (χ1) is 11.9. The predicted octanol–water partition coefficient (Wildman–Crippen LogP) is 3.34. The average molecular weight is 360 g/mol. The molecule has 0 aromatic heterocycles. The van der Waals surface area contributed by atoms with E-state index in [0.29, 0.717) is 25.3 Å². The number of hydrogen-bond donors (Lipinski definition) is 1. The molecule has 1 N–H and O–H groups in total. The lowest BCUT2D eigenvalue weighted by atomic mass is 10.1. The Balaban J connectivity index is 1.78. The van der Waals surface area contributed by atoms with Crippen molar-refractivity contribution in [2.45, 2.75) is 38.6 Å². The maximum atomic E-state index is 12.2. The van der Waals surface area contributed by atoms with E-state index in [9.17, 15) is 18.0 Å². The van der Waals surface area contributed by atoms with Crippen molar-refractivity contribution in [1.29, 1.82) is 0 Å². The molecule has 0 aliphatic carbocycles. The summed E-state index contributed by atoms with van der Waals surface area (Å²) < 4.78 is 46.8. The third kappa shape index (κ3) is 6.81. The zero-order valence-corrected chi connectivity index (χ0v) is 14.1. The Morgan fingerprint density at radius 2 is 2.04 bits per heavy atom. The molecule has 0 radical (unpaired) electrons.